The Morgan fingerprint density at radius 2 is 1.90 bits per heavy atom. The van der Waals surface area contributed by atoms with E-state index >= 15 is 0 Å². The average Bonchev–Trinajstić information content (AvgIpc) is 3.11. The zero-order valence-corrected chi connectivity index (χ0v) is 21.5. The largest absolute Gasteiger partial charge is 0.362 e. The maximum absolute atomic E-state index is 12.4. The fourth-order valence-corrected chi connectivity index (χ4v) is 5.89. The lowest BCUT2D eigenvalue weighted by Crippen LogP contribution is -2.34. The molecular weight excluding hydrogens is 542 g/mol. The molecule has 2 heterocycles. The van der Waals surface area contributed by atoms with Crippen LogP contribution in [0.25, 0.3) is 10.9 Å². The summed E-state index contributed by atoms with van der Waals surface area (Å²) >= 11 is 8.32. The molecule has 0 atom stereocenters. The van der Waals surface area contributed by atoms with Crippen LogP contribution in [0.5, 0.6) is 0 Å². The first-order chi connectivity index (χ1) is 14.9. The molecule has 0 aliphatic heterocycles. The Labute approximate surface area is 203 Å². The molecule has 1 fully saturated rings. The molecule has 0 unspecified atom stereocenters. The summed E-state index contributed by atoms with van der Waals surface area (Å²) in [5.74, 6) is 2.12. The average molecular weight is 567 g/mol. The topological polar surface area (TPSA) is 70.2 Å². The fraction of sp³-hybridized carbons (Fsp3) is 0.409. The molecule has 1 saturated carbocycles. The fourth-order valence-electron chi connectivity index (χ4n) is 3.94. The SMILES string of the molecule is CN(C)c1nc(NC2CCC(CNC(=O)c3cc(Br)c(Br)s3)CC2)nc2ccccc12. The van der Waals surface area contributed by atoms with Crippen molar-refractivity contribution in [3.8, 4) is 0 Å². The van der Waals surface area contributed by atoms with Crippen LogP contribution in [-0.4, -0.2) is 42.6 Å². The van der Waals surface area contributed by atoms with Crippen LogP contribution in [0.15, 0.2) is 38.6 Å². The Bertz CT molecular complexity index is 1060. The Hall–Kier alpha value is -1.71. The van der Waals surface area contributed by atoms with E-state index in [1.165, 1.54) is 11.3 Å². The van der Waals surface area contributed by atoms with Crippen molar-refractivity contribution in [2.24, 2.45) is 5.92 Å². The maximum atomic E-state index is 12.4. The third-order valence-electron chi connectivity index (χ3n) is 5.61. The number of nitrogens with zero attached hydrogens (tertiary/aromatic N) is 3. The van der Waals surface area contributed by atoms with E-state index < -0.39 is 0 Å². The second kappa shape index (κ2) is 9.83. The number of amides is 1. The van der Waals surface area contributed by atoms with Gasteiger partial charge in [-0.25, -0.2) is 4.98 Å². The van der Waals surface area contributed by atoms with Gasteiger partial charge in [-0.1, -0.05) is 12.1 Å². The summed E-state index contributed by atoms with van der Waals surface area (Å²) in [4.78, 5) is 24.6. The van der Waals surface area contributed by atoms with Crippen LogP contribution < -0.4 is 15.5 Å². The van der Waals surface area contributed by atoms with E-state index in [1.807, 2.05) is 43.3 Å². The van der Waals surface area contributed by atoms with Crippen molar-refractivity contribution in [1.82, 2.24) is 15.3 Å². The van der Waals surface area contributed by atoms with Crippen molar-refractivity contribution >= 4 is 71.8 Å². The van der Waals surface area contributed by atoms with E-state index in [0.717, 1.165) is 62.1 Å². The number of carbonyl (C=O) groups is 1. The number of anilines is 2. The molecule has 1 aliphatic carbocycles. The molecule has 9 heteroatoms. The van der Waals surface area contributed by atoms with Gasteiger partial charge in [0.1, 0.15) is 5.82 Å². The Morgan fingerprint density at radius 1 is 1.16 bits per heavy atom. The number of hydrogen-bond acceptors (Lipinski definition) is 6. The first kappa shape index (κ1) is 22.5. The molecule has 2 aromatic heterocycles. The molecule has 0 bridgehead atoms. The summed E-state index contributed by atoms with van der Waals surface area (Å²) in [7, 11) is 4.01. The second-order valence-electron chi connectivity index (χ2n) is 8.09. The highest BCUT2D eigenvalue weighted by atomic mass is 79.9. The minimum atomic E-state index is -0.00238. The Kier molecular flexibility index (Phi) is 7.13. The lowest BCUT2D eigenvalue weighted by Gasteiger charge is -2.29. The number of para-hydroxylation sites is 1. The first-order valence-corrected chi connectivity index (χ1v) is 12.7. The van der Waals surface area contributed by atoms with Crippen molar-refractivity contribution in [2.75, 3.05) is 30.9 Å². The van der Waals surface area contributed by atoms with Crippen molar-refractivity contribution < 1.29 is 4.79 Å². The highest BCUT2D eigenvalue weighted by Crippen LogP contribution is 2.32. The van der Waals surface area contributed by atoms with E-state index in [4.69, 9.17) is 9.97 Å². The number of aromatic nitrogens is 2. The highest BCUT2D eigenvalue weighted by molar-refractivity contribution is 9.13. The molecule has 4 rings (SSSR count). The van der Waals surface area contributed by atoms with Gasteiger partial charge in [0, 0.05) is 36.5 Å². The molecule has 31 heavy (non-hydrogen) atoms. The second-order valence-corrected chi connectivity index (χ2v) is 11.3. The molecule has 3 aromatic rings. The standard InChI is InChI=1S/C22H25Br2N5OS/c1-29(2)20-15-5-3-4-6-17(15)27-22(28-20)26-14-9-7-13(8-10-14)12-25-21(30)18-11-16(23)19(24)31-18/h3-6,11,13-14H,7-10,12H2,1-2H3,(H,25,30)(H,26,27,28). The summed E-state index contributed by atoms with van der Waals surface area (Å²) in [5.41, 5.74) is 0.951. The van der Waals surface area contributed by atoms with Gasteiger partial charge in [-0.3, -0.25) is 4.79 Å². The van der Waals surface area contributed by atoms with Crippen LogP contribution in [-0.2, 0) is 0 Å². The molecule has 1 aliphatic rings. The van der Waals surface area contributed by atoms with Crippen LogP contribution in [0.1, 0.15) is 35.4 Å². The van der Waals surface area contributed by atoms with Crippen LogP contribution in [0.3, 0.4) is 0 Å². The minimum absolute atomic E-state index is 0.00238. The predicted octanol–water partition coefficient (Wildman–Crippen LogP) is 5.68. The molecule has 0 radical (unpaired) electrons. The number of hydrogen-bond donors (Lipinski definition) is 2. The van der Waals surface area contributed by atoms with Gasteiger partial charge in [0.15, 0.2) is 0 Å². The zero-order chi connectivity index (χ0) is 22.0. The lowest BCUT2D eigenvalue weighted by atomic mass is 9.86. The molecular formula is C22H25Br2N5OS. The van der Waals surface area contributed by atoms with Crippen molar-refractivity contribution in [2.45, 2.75) is 31.7 Å². The van der Waals surface area contributed by atoms with Gasteiger partial charge < -0.3 is 15.5 Å². The van der Waals surface area contributed by atoms with Gasteiger partial charge in [-0.05, 0) is 81.7 Å². The number of benzene rings is 1. The smallest absolute Gasteiger partial charge is 0.261 e. The van der Waals surface area contributed by atoms with E-state index in [9.17, 15) is 4.79 Å². The Morgan fingerprint density at radius 3 is 2.58 bits per heavy atom. The zero-order valence-electron chi connectivity index (χ0n) is 17.5. The molecule has 164 valence electrons. The van der Waals surface area contributed by atoms with Gasteiger partial charge in [-0.15, -0.1) is 11.3 Å². The van der Waals surface area contributed by atoms with Gasteiger partial charge in [0.2, 0.25) is 5.95 Å². The number of fused-ring (bicyclic) bond motifs is 1. The predicted molar refractivity (Wildman–Crippen MR) is 135 cm³/mol. The highest BCUT2D eigenvalue weighted by Gasteiger charge is 2.23. The summed E-state index contributed by atoms with van der Waals surface area (Å²) in [6.45, 7) is 0.718. The summed E-state index contributed by atoms with van der Waals surface area (Å²) < 4.78 is 1.86. The van der Waals surface area contributed by atoms with E-state index in [2.05, 4.69) is 48.6 Å². The molecule has 1 amide bonds. The molecule has 0 saturated heterocycles. The van der Waals surface area contributed by atoms with Crippen molar-refractivity contribution in [3.63, 3.8) is 0 Å². The van der Waals surface area contributed by atoms with E-state index in [1.54, 1.807) is 0 Å². The normalized spacial score (nSPS) is 18.7. The van der Waals surface area contributed by atoms with Gasteiger partial charge in [0.25, 0.3) is 5.91 Å². The van der Waals surface area contributed by atoms with Gasteiger partial charge >= 0.3 is 0 Å². The number of nitrogens with one attached hydrogen (secondary N) is 2. The van der Waals surface area contributed by atoms with E-state index in [0.29, 0.717) is 17.9 Å². The van der Waals surface area contributed by atoms with Gasteiger partial charge in [0.05, 0.1) is 14.2 Å². The van der Waals surface area contributed by atoms with Crippen LogP contribution in [0, 0.1) is 5.92 Å². The number of carbonyl (C=O) groups excluding carboxylic acids is 1. The van der Waals surface area contributed by atoms with Gasteiger partial charge in [-0.2, -0.15) is 4.98 Å². The maximum Gasteiger partial charge on any atom is 0.261 e. The first-order valence-electron chi connectivity index (χ1n) is 10.3. The summed E-state index contributed by atoms with van der Waals surface area (Å²) in [6, 6.07) is 10.3. The molecule has 1 aromatic carbocycles. The number of halogens is 2. The van der Waals surface area contributed by atoms with Crippen molar-refractivity contribution in [3.05, 3.63) is 43.5 Å². The summed E-state index contributed by atoms with van der Waals surface area (Å²) in [6.07, 6.45) is 4.24. The molecule has 2 N–H and O–H groups in total. The third-order valence-corrected chi connectivity index (χ3v) is 8.86. The van der Waals surface area contributed by atoms with Crippen LogP contribution in [0.4, 0.5) is 11.8 Å². The van der Waals surface area contributed by atoms with Crippen molar-refractivity contribution in [1.29, 1.82) is 0 Å². The monoisotopic (exact) mass is 565 g/mol. The van der Waals surface area contributed by atoms with E-state index in [-0.39, 0.29) is 5.91 Å². The number of thiophene rings is 1. The summed E-state index contributed by atoms with van der Waals surface area (Å²) in [5, 5.41) is 7.69. The van der Waals surface area contributed by atoms with Crippen LogP contribution in [0.2, 0.25) is 0 Å². The molecule has 6 nitrogen and oxygen atoms in total. The number of rotatable bonds is 6. The third kappa shape index (κ3) is 5.38. The van der Waals surface area contributed by atoms with Crippen LogP contribution >= 0.6 is 43.2 Å². The molecule has 0 spiro atoms. The minimum Gasteiger partial charge on any atom is -0.362 e. The quantitative estimate of drug-likeness (QED) is 0.401. The lowest BCUT2D eigenvalue weighted by molar-refractivity contribution is 0.0947. The Balaban J connectivity index is 1.32.